The van der Waals surface area contributed by atoms with E-state index in [4.69, 9.17) is 10.5 Å². The van der Waals surface area contributed by atoms with Crippen molar-refractivity contribution in [1.82, 2.24) is 15.5 Å². The molecule has 0 aliphatic carbocycles. The van der Waals surface area contributed by atoms with Crippen LogP contribution in [-0.4, -0.2) is 77.5 Å². The van der Waals surface area contributed by atoms with Gasteiger partial charge >= 0.3 is 5.97 Å². The largest absolute Gasteiger partial charge is 0.481 e. The van der Waals surface area contributed by atoms with Gasteiger partial charge in [-0.15, -0.1) is 0 Å². The lowest BCUT2D eigenvalue weighted by molar-refractivity contribution is -0.145. The van der Waals surface area contributed by atoms with Crippen molar-refractivity contribution in [3.8, 4) is 0 Å². The lowest BCUT2D eigenvalue weighted by Crippen LogP contribution is -2.52. The van der Waals surface area contributed by atoms with Gasteiger partial charge in [-0.25, -0.2) is 0 Å². The summed E-state index contributed by atoms with van der Waals surface area (Å²) < 4.78 is 5.83. The minimum Gasteiger partial charge on any atom is -0.481 e. The molecule has 0 saturated heterocycles. The molecule has 0 rings (SSSR count). The van der Waals surface area contributed by atoms with E-state index in [0.717, 1.165) is 11.3 Å². The Hall–Kier alpha value is -2.69. The van der Waals surface area contributed by atoms with Gasteiger partial charge in [-0.3, -0.25) is 24.0 Å². The number of carboxylic acids is 1. The molecule has 33 heavy (non-hydrogen) atoms. The van der Waals surface area contributed by atoms with Crippen LogP contribution < -0.4 is 16.4 Å². The van der Waals surface area contributed by atoms with Gasteiger partial charge in [-0.05, 0) is 39.0 Å². The molecule has 0 saturated carbocycles. The van der Waals surface area contributed by atoms with Crippen LogP contribution in [0.25, 0.3) is 0 Å². The van der Waals surface area contributed by atoms with Gasteiger partial charge in [0.1, 0.15) is 6.04 Å². The summed E-state index contributed by atoms with van der Waals surface area (Å²) >= 11 is 0. The van der Waals surface area contributed by atoms with Crippen LogP contribution in [0.5, 0.6) is 0 Å². The molecule has 0 radical (unpaired) electrons. The summed E-state index contributed by atoms with van der Waals surface area (Å²) in [6.07, 6.45) is 1.21. The van der Waals surface area contributed by atoms with Crippen LogP contribution in [0.2, 0.25) is 0 Å². The highest BCUT2D eigenvalue weighted by molar-refractivity contribution is 5.93. The third-order valence-corrected chi connectivity index (χ3v) is 4.75. The van der Waals surface area contributed by atoms with E-state index >= 15 is 0 Å². The summed E-state index contributed by atoms with van der Waals surface area (Å²) in [6.45, 7) is 9.68. The number of nitrogens with two attached hydrogens (primary N) is 1. The zero-order valence-electron chi connectivity index (χ0n) is 20.4. The molecule has 0 aromatic carbocycles. The highest BCUT2D eigenvalue weighted by Crippen LogP contribution is 2.18. The average molecular weight is 473 g/mol. The van der Waals surface area contributed by atoms with Crippen molar-refractivity contribution in [3.63, 3.8) is 0 Å². The molecule has 0 aromatic rings. The first-order valence-electron chi connectivity index (χ1n) is 11.3. The van der Waals surface area contributed by atoms with Gasteiger partial charge in [0.2, 0.25) is 23.6 Å². The first-order valence-corrected chi connectivity index (χ1v) is 11.3. The van der Waals surface area contributed by atoms with Gasteiger partial charge < -0.3 is 31.1 Å². The molecule has 190 valence electrons. The van der Waals surface area contributed by atoms with E-state index in [0.29, 0.717) is 25.4 Å². The zero-order valence-corrected chi connectivity index (χ0v) is 20.4. The molecule has 1 unspecified atom stereocenters. The molecule has 0 fully saturated rings. The first-order chi connectivity index (χ1) is 15.3. The van der Waals surface area contributed by atoms with Gasteiger partial charge in [0.05, 0.1) is 25.1 Å². The monoisotopic (exact) mass is 472 g/mol. The van der Waals surface area contributed by atoms with Gasteiger partial charge in [0.15, 0.2) is 0 Å². The Bertz CT molecular complexity index is 680. The van der Waals surface area contributed by atoms with E-state index in [-0.39, 0.29) is 26.1 Å². The van der Waals surface area contributed by atoms with Crippen LogP contribution in [0.3, 0.4) is 0 Å². The molecule has 0 spiro atoms. The molecule has 11 nitrogen and oxygen atoms in total. The van der Waals surface area contributed by atoms with Crippen LogP contribution in [-0.2, 0) is 28.7 Å². The standard InChI is InChI=1S/C22H40N4O7/c1-6-10-26(14-19(29)24-13-17(23)27)21(32)16(12-20(30)31)25-18(28)7-9-22(4,5)33-11-8-15(2)3/h15-16H,6-14H2,1-5H3,(H2,23,27)(H,24,29)(H,25,28)(H,30,31). The molecule has 5 N–H and O–H groups in total. The zero-order chi connectivity index (χ0) is 25.6. The van der Waals surface area contributed by atoms with Crippen molar-refractivity contribution < 1.29 is 33.8 Å². The minimum absolute atomic E-state index is 0.0466. The van der Waals surface area contributed by atoms with E-state index in [1.807, 2.05) is 13.8 Å². The molecule has 0 bridgehead atoms. The Kier molecular flexibility index (Phi) is 14.0. The number of carbonyl (C=O) groups excluding carboxylic acids is 4. The number of carboxylic acid groups (broad SMARTS) is 1. The third kappa shape index (κ3) is 14.9. The predicted octanol–water partition coefficient (Wildman–Crippen LogP) is 0.408. The van der Waals surface area contributed by atoms with Gasteiger partial charge in [0, 0.05) is 19.6 Å². The third-order valence-electron chi connectivity index (χ3n) is 4.75. The molecule has 11 heteroatoms. The second-order valence-electron chi connectivity index (χ2n) is 9.01. The summed E-state index contributed by atoms with van der Waals surface area (Å²) in [7, 11) is 0. The quantitative estimate of drug-likeness (QED) is 0.238. The highest BCUT2D eigenvalue weighted by atomic mass is 16.5. The second kappa shape index (κ2) is 15.2. The predicted molar refractivity (Wildman–Crippen MR) is 122 cm³/mol. The lowest BCUT2D eigenvalue weighted by Gasteiger charge is -2.28. The summed E-state index contributed by atoms with van der Waals surface area (Å²) in [4.78, 5) is 60.7. The fourth-order valence-corrected chi connectivity index (χ4v) is 2.87. The van der Waals surface area contributed by atoms with E-state index in [9.17, 15) is 29.1 Å². The summed E-state index contributed by atoms with van der Waals surface area (Å²) in [6, 6.07) is -1.32. The number of hydrogen-bond donors (Lipinski definition) is 4. The number of primary amides is 1. The van der Waals surface area contributed by atoms with Crippen LogP contribution >= 0.6 is 0 Å². The summed E-state index contributed by atoms with van der Waals surface area (Å²) in [5, 5.41) is 14.0. The second-order valence-corrected chi connectivity index (χ2v) is 9.01. The van der Waals surface area contributed by atoms with Crippen molar-refractivity contribution in [2.45, 2.75) is 78.4 Å². The van der Waals surface area contributed by atoms with Crippen LogP contribution in [0.4, 0.5) is 0 Å². The van der Waals surface area contributed by atoms with E-state index in [2.05, 4.69) is 24.5 Å². The number of aliphatic carboxylic acids is 1. The molecular weight excluding hydrogens is 432 g/mol. The molecule has 4 amide bonds. The maximum absolute atomic E-state index is 12.9. The molecule has 0 aliphatic rings. The fourth-order valence-electron chi connectivity index (χ4n) is 2.87. The first kappa shape index (κ1) is 30.3. The topological polar surface area (TPSA) is 168 Å². The number of ether oxygens (including phenoxy) is 1. The lowest BCUT2D eigenvalue weighted by atomic mass is 10.0. The number of carbonyl (C=O) groups is 5. The molecule has 1 atom stereocenters. The number of nitrogens with one attached hydrogen (secondary N) is 2. The van der Waals surface area contributed by atoms with Crippen molar-refractivity contribution >= 4 is 29.6 Å². The van der Waals surface area contributed by atoms with Gasteiger partial charge in [0.25, 0.3) is 0 Å². The number of rotatable bonds is 17. The van der Waals surface area contributed by atoms with Crippen molar-refractivity contribution in [3.05, 3.63) is 0 Å². The SMILES string of the molecule is CCCN(CC(=O)NCC(N)=O)C(=O)C(CC(=O)O)NC(=O)CCC(C)(C)OCCC(C)C. The van der Waals surface area contributed by atoms with Gasteiger partial charge in [-0.1, -0.05) is 20.8 Å². The Morgan fingerprint density at radius 2 is 1.76 bits per heavy atom. The number of amides is 4. The van der Waals surface area contributed by atoms with Crippen molar-refractivity contribution in [1.29, 1.82) is 0 Å². The van der Waals surface area contributed by atoms with Gasteiger partial charge in [-0.2, -0.15) is 0 Å². The minimum atomic E-state index is -1.32. The molecular formula is C22H40N4O7. The van der Waals surface area contributed by atoms with E-state index in [1.54, 1.807) is 6.92 Å². The molecule has 0 aliphatic heterocycles. The number of nitrogens with zero attached hydrogens (tertiary/aromatic N) is 1. The van der Waals surface area contributed by atoms with Crippen LogP contribution in [0, 0.1) is 5.92 Å². The van der Waals surface area contributed by atoms with Crippen LogP contribution in [0.1, 0.15) is 66.7 Å². The maximum atomic E-state index is 12.9. The summed E-state index contributed by atoms with van der Waals surface area (Å²) in [5.74, 6) is -3.28. The number of hydrogen-bond acceptors (Lipinski definition) is 6. The Morgan fingerprint density at radius 3 is 2.27 bits per heavy atom. The van der Waals surface area contributed by atoms with Crippen LogP contribution in [0.15, 0.2) is 0 Å². The fraction of sp³-hybridized carbons (Fsp3) is 0.773. The Labute approximate surface area is 195 Å². The molecule has 0 heterocycles. The summed E-state index contributed by atoms with van der Waals surface area (Å²) in [5.41, 5.74) is 4.44. The maximum Gasteiger partial charge on any atom is 0.305 e. The average Bonchev–Trinajstić information content (AvgIpc) is 2.68. The van der Waals surface area contributed by atoms with Crippen molar-refractivity contribution in [2.75, 3.05) is 26.2 Å². The van der Waals surface area contributed by atoms with Crippen molar-refractivity contribution in [2.24, 2.45) is 11.7 Å². The highest BCUT2D eigenvalue weighted by Gasteiger charge is 2.30. The smallest absolute Gasteiger partial charge is 0.305 e. The van der Waals surface area contributed by atoms with E-state index < -0.39 is 47.7 Å². The normalized spacial score (nSPS) is 12.2. The van der Waals surface area contributed by atoms with E-state index in [1.165, 1.54) is 0 Å². The Morgan fingerprint density at radius 1 is 1.12 bits per heavy atom. The Balaban J connectivity index is 5.07. The molecule has 0 aromatic heterocycles.